The summed E-state index contributed by atoms with van der Waals surface area (Å²) in [5.74, 6) is -0.931. The number of nitrogens with zero attached hydrogens (tertiary/aromatic N) is 6. The molecule has 0 spiro atoms. The molecule has 6 aliphatic rings. The number of benzene rings is 2. The number of aromatic nitrogens is 4. The van der Waals surface area contributed by atoms with Crippen LogP contribution in [0.4, 0.5) is 29.4 Å². The Kier molecular flexibility index (Phi) is 35.1. The number of carbonyl (C=O) groups excluding carboxylic acids is 8. The number of thiazole rings is 2. The van der Waals surface area contributed by atoms with E-state index in [1.54, 1.807) is 62.8 Å². The third kappa shape index (κ3) is 26.4. The van der Waals surface area contributed by atoms with E-state index in [2.05, 4.69) is 54.5 Å². The number of rotatable bonds is 36. The molecule has 34 nitrogen and oxygen atoms in total. The van der Waals surface area contributed by atoms with Crippen LogP contribution in [-0.2, 0) is 61.3 Å². The normalized spacial score (nSPS) is 22.1. The largest absolute Gasteiger partial charge is 0.510 e. The van der Waals surface area contributed by atoms with Crippen LogP contribution in [0.2, 0.25) is 0 Å². The van der Waals surface area contributed by atoms with E-state index >= 15 is 0 Å². The van der Waals surface area contributed by atoms with Crippen molar-refractivity contribution in [2.45, 2.75) is 257 Å². The second-order valence-corrected chi connectivity index (χ2v) is 43.4. The molecule has 708 valence electrons. The Bertz CT molecular complexity index is 5050. The number of carbonyl (C=O) groups is 8. The number of hydrogen-bond acceptors (Lipinski definition) is 29. The van der Waals surface area contributed by atoms with Gasteiger partial charge in [0.05, 0.1) is 62.9 Å². The molecular weight excluding hydrogens is 1760 g/mol. The molecule has 12 atom stereocenters. The van der Waals surface area contributed by atoms with Crippen LogP contribution < -0.4 is 50.8 Å². The minimum atomic E-state index is -3.83. The van der Waals surface area contributed by atoms with Gasteiger partial charge in [-0.3, -0.25) is 32.8 Å². The van der Waals surface area contributed by atoms with Gasteiger partial charge < -0.3 is 94.0 Å². The molecule has 6 amide bonds. The fourth-order valence-electron chi connectivity index (χ4n) is 16.0. The molecule has 0 bridgehead atoms. The van der Waals surface area contributed by atoms with Crippen molar-refractivity contribution in [3.8, 4) is 45.8 Å². The van der Waals surface area contributed by atoms with E-state index in [9.17, 15) is 52.4 Å². The number of unbranched alkanes of at least 4 members (excludes halogenated alkanes) is 2. The molecule has 7 N–H and O–H groups in total. The summed E-state index contributed by atoms with van der Waals surface area (Å²) in [6, 6.07) is 10.3. The summed E-state index contributed by atoms with van der Waals surface area (Å²) < 4.78 is 88.0. The van der Waals surface area contributed by atoms with Gasteiger partial charge in [-0.15, -0.1) is 35.8 Å². The molecule has 39 heteroatoms. The summed E-state index contributed by atoms with van der Waals surface area (Å²) in [6.45, 7) is 33.2. The monoisotopic (exact) mass is 1890 g/mol. The SMILES string of the molecule is C=C[C@@H]1C[C@]1(NC(=O)[C@@H]1CC(Oc2cc(-c3csc(NC(C)C)n3)nc3cc(OC)ccc23)CN1C(=O)[C@@H](NC(=O)OC1CCCC1)C(C)(C)C)P(C)(=O)O.C=C[C@@H]1C[C@]1(NC(=O)[C@@H]1CC(Oc2cc(-c3csc(NC(C)C)n3)nc3cc(OC)ccc23)CN1C(=O)[C@@H](NC(=O)OC1CCCC1)C(C)(C)C)P(C)(=O)OCOC(=O)OCCCC.CCCCOC(=O)OCCl. The van der Waals surface area contributed by atoms with Gasteiger partial charge in [0.2, 0.25) is 45.2 Å². The first kappa shape index (κ1) is 102. The van der Waals surface area contributed by atoms with Gasteiger partial charge >= 0.3 is 24.5 Å². The van der Waals surface area contributed by atoms with Crippen molar-refractivity contribution in [1.82, 2.24) is 51.0 Å². The van der Waals surface area contributed by atoms with Gasteiger partial charge in [-0.25, -0.2) is 39.1 Å². The van der Waals surface area contributed by atoms with Gasteiger partial charge in [0.15, 0.2) is 16.3 Å². The Balaban J connectivity index is 0.000000244. The van der Waals surface area contributed by atoms with Crippen LogP contribution in [0.25, 0.3) is 44.6 Å². The first-order valence-corrected chi connectivity index (χ1v) is 50.5. The highest BCUT2D eigenvalue weighted by Gasteiger charge is 2.66. The molecule has 4 unspecified atom stereocenters. The Morgan fingerprint density at radius 1 is 0.581 bits per heavy atom. The summed E-state index contributed by atoms with van der Waals surface area (Å²) in [5, 5.41) is 22.0. The molecule has 12 rings (SSSR count). The van der Waals surface area contributed by atoms with Crippen LogP contribution in [-0.4, -0.2) is 221 Å². The number of alkyl carbamates (subject to hydrolysis) is 2. The van der Waals surface area contributed by atoms with Gasteiger partial charge in [-0.05, 0) is 140 Å². The molecule has 129 heavy (non-hydrogen) atoms. The lowest BCUT2D eigenvalue weighted by atomic mass is 9.85. The maximum absolute atomic E-state index is 14.9. The average molecular weight is 1890 g/mol. The van der Waals surface area contributed by atoms with Crippen LogP contribution in [0, 0.1) is 22.7 Å². The molecule has 2 aromatic carbocycles. The lowest BCUT2D eigenvalue weighted by Crippen LogP contribution is -2.58. The zero-order chi connectivity index (χ0) is 94.1. The number of ether oxygens (including phenoxy) is 10. The fourth-order valence-corrected chi connectivity index (χ4v) is 21.4. The Labute approximate surface area is 767 Å². The zero-order valence-electron chi connectivity index (χ0n) is 76.6. The van der Waals surface area contributed by atoms with Crippen molar-refractivity contribution in [3.05, 3.63) is 84.6 Å². The van der Waals surface area contributed by atoms with Crippen molar-refractivity contribution in [2.75, 3.05) is 77.3 Å². The smallest absolute Gasteiger partial charge is 0.497 e. The summed E-state index contributed by atoms with van der Waals surface area (Å²) in [5.41, 5.74) is 1.99. The molecular formula is C90H127ClN12O22P2S2. The first-order valence-electron chi connectivity index (χ1n) is 44.0. The third-order valence-electron chi connectivity index (χ3n) is 23.3. The van der Waals surface area contributed by atoms with Crippen LogP contribution in [0.1, 0.15) is 186 Å². The van der Waals surface area contributed by atoms with Crippen molar-refractivity contribution in [1.29, 1.82) is 0 Å². The average Bonchev–Trinajstić information content (AvgIpc) is 1.55. The van der Waals surface area contributed by atoms with Crippen LogP contribution in [0.15, 0.2) is 84.6 Å². The molecule has 2 saturated heterocycles. The van der Waals surface area contributed by atoms with Gasteiger partial charge in [0, 0.05) is 95.9 Å². The summed E-state index contributed by atoms with van der Waals surface area (Å²) in [7, 11) is -4.46. The van der Waals surface area contributed by atoms with E-state index < -0.39 is 139 Å². The predicted molar refractivity (Wildman–Crippen MR) is 495 cm³/mol. The lowest BCUT2D eigenvalue weighted by Gasteiger charge is -2.36. The lowest BCUT2D eigenvalue weighted by molar-refractivity contribution is -0.142. The molecule has 6 heterocycles. The Hall–Kier alpha value is -9.57. The number of hydrogen-bond donors (Lipinski definition) is 7. The topological polar surface area (TPSA) is 423 Å². The van der Waals surface area contributed by atoms with Crippen molar-refractivity contribution >= 4 is 129 Å². The van der Waals surface area contributed by atoms with E-state index in [0.717, 1.165) is 80.9 Å². The van der Waals surface area contributed by atoms with Gasteiger partial charge in [-0.1, -0.05) is 92.0 Å². The molecule has 4 saturated carbocycles. The zero-order valence-corrected chi connectivity index (χ0v) is 80.8. The van der Waals surface area contributed by atoms with Crippen LogP contribution in [0.3, 0.4) is 0 Å². The number of fused-ring (bicyclic) bond motifs is 2. The molecule has 2 aliphatic heterocycles. The summed E-state index contributed by atoms with van der Waals surface area (Å²) in [4.78, 5) is 140. The standard InChI is InChI=1S/C45H63N6O11PS.C39H53N6O8PS.C6H11ClO3/c1-10-12-19-58-43(55)59-26-60-63(9,56)45(23-28(45)11-2)50-39(52)36-21-31(24-51(36)40(53)38(44(5,6)7)49-42(54)62-29-15-13-14-16-29)61-37-22-34(35-25-64-41(48-35)46-27(3)4)47-33-20-30(57-8)17-18-32(33)37;1-9-23-19-39(23,54(8,49)50)44-34(46)31-17-26(20-45(31)35(47)33(38(4,5)6)43-37(48)53-24-12-10-11-13-24)52-32-18-29(30-21-55-36(42-30)40-22(2)3)41-28-16-25(51-7)14-15-27(28)32;1-2-3-4-9-6(8)10-5-7/h11,17-18,20,22,25,27-29,31,36,38H,2,10,12-16,19,21,23-24,26H2,1,3-9H3,(H,46,48)(H,49,54)(H,50,52);9,14-16,18,21-24,26,31,33H,1,10-13,17,19-20H2,2-8H3,(H,40,42)(H,43,48)(H,44,46)(H,49,50);2-5H2,1H3/t28-,31?,36+,38-,45+,63?;23-,26?,31+,33-,39+;/m11./s1. The quantitative estimate of drug-likeness (QED) is 0.00365. The van der Waals surface area contributed by atoms with Gasteiger partial charge in [0.1, 0.15) is 93.5 Å². The number of amides is 6. The fraction of sp³-hybridized carbons (Fsp3) is 0.600. The minimum Gasteiger partial charge on any atom is -0.497 e. The number of halogens is 1. The van der Waals surface area contributed by atoms with Gasteiger partial charge in [-0.2, -0.15) is 0 Å². The molecule has 4 aromatic heterocycles. The predicted octanol–water partition coefficient (Wildman–Crippen LogP) is 17.1. The van der Waals surface area contributed by atoms with Crippen LogP contribution >= 0.6 is 49.0 Å². The van der Waals surface area contributed by atoms with Gasteiger partial charge in [0.25, 0.3) is 0 Å². The number of nitrogens with one attached hydrogen (secondary N) is 6. The van der Waals surface area contributed by atoms with E-state index in [1.165, 1.54) is 45.8 Å². The molecule has 6 aromatic rings. The Morgan fingerprint density at radius 3 is 1.35 bits per heavy atom. The number of alkyl halides is 1. The highest BCUT2D eigenvalue weighted by atomic mass is 35.5. The van der Waals surface area contributed by atoms with Crippen molar-refractivity contribution in [2.24, 2.45) is 22.7 Å². The summed E-state index contributed by atoms with van der Waals surface area (Å²) in [6.07, 6.45) is 9.04. The second-order valence-electron chi connectivity index (χ2n) is 36.1. The maximum Gasteiger partial charge on any atom is 0.510 e. The highest BCUT2D eigenvalue weighted by molar-refractivity contribution is 7.60. The molecule has 6 fully saturated rings. The maximum atomic E-state index is 14.9. The van der Waals surface area contributed by atoms with E-state index in [4.69, 9.17) is 74.0 Å². The highest BCUT2D eigenvalue weighted by Crippen LogP contribution is 2.71. The first-order chi connectivity index (χ1) is 61.1. The molecule has 0 radical (unpaired) electrons. The molecule has 4 aliphatic carbocycles. The summed E-state index contributed by atoms with van der Waals surface area (Å²) >= 11 is 8.00. The van der Waals surface area contributed by atoms with E-state index in [1.807, 2.05) is 106 Å². The number of pyridine rings is 2. The third-order valence-corrected chi connectivity index (χ3v) is 29.7. The number of methoxy groups -OCH3 is 2. The second kappa shape index (κ2) is 44.6. The van der Waals surface area contributed by atoms with Crippen LogP contribution in [0.5, 0.6) is 23.0 Å². The van der Waals surface area contributed by atoms with Crippen molar-refractivity contribution in [3.63, 3.8) is 0 Å². The number of likely N-dealkylation sites (tertiary alicyclic amines) is 2. The van der Waals surface area contributed by atoms with E-state index in [0.29, 0.717) is 80.6 Å². The Morgan fingerprint density at radius 2 is 0.984 bits per heavy atom. The van der Waals surface area contributed by atoms with E-state index in [-0.39, 0.29) is 75.7 Å². The minimum absolute atomic E-state index is 0.00187. The van der Waals surface area contributed by atoms with Crippen molar-refractivity contribution < 1.29 is 104 Å². The number of anilines is 2.